The number of carbonyl (C=O) groups excluding carboxylic acids is 3. The number of carbonyl (C=O) groups is 3. The van der Waals surface area contributed by atoms with E-state index in [0.717, 1.165) is 44.3 Å². The van der Waals surface area contributed by atoms with Crippen LogP contribution in [0.5, 0.6) is 0 Å². The van der Waals surface area contributed by atoms with Crippen molar-refractivity contribution in [2.75, 3.05) is 40.3 Å². The lowest BCUT2D eigenvalue weighted by molar-refractivity contribution is -0.135. The first kappa shape index (κ1) is 20.2. The Bertz CT molecular complexity index is 711. The Balaban J connectivity index is 1.50. The third-order valence-electron chi connectivity index (χ3n) is 5.53. The Hall–Kier alpha value is -2.57. The summed E-state index contributed by atoms with van der Waals surface area (Å²) in [6.45, 7) is 3.29. The topological polar surface area (TPSA) is 73.0 Å². The van der Waals surface area contributed by atoms with Crippen LogP contribution in [0.2, 0.25) is 0 Å². The van der Waals surface area contributed by atoms with Crippen LogP contribution in [-0.4, -0.2) is 72.8 Å². The largest absolute Gasteiger partial charge is 0.345 e. The molecular formula is C21H30N4O3. The number of hydrogen-bond acceptors (Lipinski definition) is 3. The van der Waals surface area contributed by atoms with Gasteiger partial charge in [0.15, 0.2) is 0 Å². The van der Waals surface area contributed by atoms with Crippen molar-refractivity contribution in [1.82, 2.24) is 20.0 Å². The summed E-state index contributed by atoms with van der Waals surface area (Å²) in [5, 5.41) is 2.94. The average Bonchev–Trinajstić information content (AvgIpc) is 3.26. The van der Waals surface area contributed by atoms with Crippen molar-refractivity contribution in [2.24, 2.45) is 5.92 Å². The summed E-state index contributed by atoms with van der Waals surface area (Å²) in [5.41, 5.74) is 1.56. The minimum absolute atomic E-state index is 0.0439. The molecule has 2 fully saturated rings. The van der Waals surface area contributed by atoms with Crippen LogP contribution in [0.25, 0.3) is 0 Å². The summed E-state index contributed by atoms with van der Waals surface area (Å²) < 4.78 is 0. The van der Waals surface area contributed by atoms with Gasteiger partial charge in [0, 0.05) is 52.4 Å². The summed E-state index contributed by atoms with van der Waals surface area (Å²) in [4.78, 5) is 42.3. The zero-order valence-corrected chi connectivity index (χ0v) is 16.8. The second-order valence-corrected chi connectivity index (χ2v) is 7.87. The first-order valence-electron chi connectivity index (χ1n) is 10.1. The maximum Gasteiger partial charge on any atom is 0.317 e. The lowest BCUT2D eigenvalue weighted by atomic mass is 9.97. The first-order valence-corrected chi connectivity index (χ1v) is 10.1. The molecule has 0 bridgehead atoms. The van der Waals surface area contributed by atoms with Crippen molar-refractivity contribution in [3.8, 4) is 0 Å². The summed E-state index contributed by atoms with van der Waals surface area (Å²) in [6.07, 6.45) is 3.89. The third-order valence-corrected chi connectivity index (χ3v) is 5.53. The van der Waals surface area contributed by atoms with Crippen molar-refractivity contribution in [3.63, 3.8) is 0 Å². The number of likely N-dealkylation sites (tertiary alicyclic amines) is 2. The minimum atomic E-state index is -0.132. The normalized spacial score (nSPS) is 19.4. The second kappa shape index (κ2) is 9.08. The number of nitrogens with one attached hydrogen (secondary N) is 1. The van der Waals surface area contributed by atoms with E-state index in [4.69, 9.17) is 0 Å². The van der Waals surface area contributed by atoms with Crippen molar-refractivity contribution < 1.29 is 14.4 Å². The van der Waals surface area contributed by atoms with E-state index in [-0.39, 0.29) is 23.8 Å². The molecule has 1 aromatic rings. The van der Waals surface area contributed by atoms with Crippen LogP contribution < -0.4 is 5.32 Å². The van der Waals surface area contributed by atoms with Gasteiger partial charge >= 0.3 is 6.03 Å². The Morgan fingerprint density at radius 2 is 1.64 bits per heavy atom. The fourth-order valence-electron chi connectivity index (χ4n) is 3.87. The zero-order valence-electron chi connectivity index (χ0n) is 16.8. The van der Waals surface area contributed by atoms with Gasteiger partial charge in [-0.05, 0) is 43.4 Å². The molecule has 2 saturated heterocycles. The second-order valence-electron chi connectivity index (χ2n) is 7.87. The monoisotopic (exact) mass is 386 g/mol. The van der Waals surface area contributed by atoms with Crippen LogP contribution in [0.4, 0.5) is 4.79 Å². The Kier molecular flexibility index (Phi) is 6.54. The van der Waals surface area contributed by atoms with Crippen molar-refractivity contribution in [3.05, 3.63) is 35.4 Å². The number of urea groups is 1. The molecule has 0 spiro atoms. The highest BCUT2D eigenvalue weighted by Crippen LogP contribution is 2.21. The standard InChI is InChI=1S/C21H30N4O3/c1-23(2)19(26)17-9-7-16(8-10-17)14-22-21(28)25-13-5-6-18(15-25)20(27)24-11-3-4-12-24/h7-10,18H,3-6,11-15H2,1-2H3,(H,22,28)/t18-/m1/s1. The van der Waals surface area contributed by atoms with Crippen molar-refractivity contribution in [1.29, 1.82) is 0 Å². The molecule has 0 aliphatic carbocycles. The van der Waals surface area contributed by atoms with Gasteiger partial charge in [-0.25, -0.2) is 4.79 Å². The highest BCUT2D eigenvalue weighted by Gasteiger charge is 2.32. The van der Waals surface area contributed by atoms with Gasteiger partial charge in [0.2, 0.25) is 5.91 Å². The van der Waals surface area contributed by atoms with Crippen LogP contribution in [0.1, 0.15) is 41.6 Å². The molecule has 1 N–H and O–H groups in total. The van der Waals surface area contributed by atoms with Gasteiger partial charge in [0.25, 0.3) is 5.91 Å². The van der Waals surface area contributed by atoms with Crippen LogP contribution in [0, 0.1) is 5.92 Å². The highest BCUT2D eigenvalue weighted by molar-refractivity contribution is 5.93. The SMILES string of the molecule is CN(C)C(=O)c1ccc(CNC(=O)N2CCC[C@@H](C(=O)N3CCCC3)C2)cc1. The molecule has 3 rings (SSSR count). The predicted octanol–water partition coefficient (Wildman–Crippen LogP) is 1.93. The van der Waals surface area contributed by atoms with Gasteiger partial charge in [-0.3, -0.25) is 9.59 Å². The van der Waals surface area contributed by atoms with Crippen LogP contribution in [-0.2, 0) is 11.3 Å². The van der Waals surface area contributed by atoms with Gasteiger partial charge in [0.05, 0.1) is 5.92 Å². The van der Waals surface area contributed by atoms with E-state index in [1.807, 2.05) is 17.0 Å². The average molecular weight is 386 g/mol. The quantitative estimate of drug-likeness (QED) is 0.859. The number of piperidine rings is 1. The minimum Gasteiger partial charge on any atom is -0.345 e. The molecule has 1 aromatic carbocycles. The van der Waals surface area contributed by atoms with E-state index < -0.39 is 0 Å². The van der Waals surface area contributed by atoms with Crippen LogP contribution in [0.15, 0.2) is 24.3 Å². The molecule has 4 amide bonds. The summed E-state index contributed by atoms with van der Waals surface area (Å²) >= 11 is 0. The summed E-state index contributed by atoms with van der Waals surface area (Å²) in [6, 6.07) is 7.12. The van der Waals surface area contributed by atoms with Gasteiger partial charge in [0.1, 0.15) is 0 Å². The van der Waals surface area contributed by atoms with E-state index in [9.17, 15) is 14.4 Å². The van der Waals surface area contributed by atoms with Crippen molar-refractivity contribution in [2.45, 2.75) is 32.2 Å². The van der Waals surface area contributed by atoms with Gasteiger partial charge in [-0.1, -0.05) is 12.1 Å². The van der Waals surface area contributed by atoms with Crippen molar-refractivity contribution >= 4 is 17.8 Å². The Morgan fingerprint density at radius 3 is 2.29 bits per heavy atom. The Morgan fingerprint density at radius 1 is 1.00 bits per heavy atom. The third kappa shape index (κ3) is 4.82. The smallest absolute Gasteiger partial charge is 0.317 e. The molecule has 152 valence electrons. The number of hydrogen-bond donors (Lipinski definition) is 1. The molecule has 0 unspecified atom stereocenters. The fourth-order valence-corrected chi connectivity index (χ4v) is 3.87. The number of nitrogens with zero attached hydrogens (tertiary/aromatic N) is 3. The molecule has 0 aromatic heterocycles. The summed E-state index contributed by atoms with van der Waals surface area (Å²) in [5.74, 6) is 0.0858. The lowest BCUT2D eigenvalue weighted by Gasteiger charge is -2.34. The van der Waals surface area contributed by atoms with E-state index in [0.29, 0.717) is 25.2 Å². The fraction of sp³-hybridized carbons (Fsp3) is 0.571. The van der Waals surface area contributed by atoms with Gasteiger partial charge in [-0.2, -0.15) is 0 Å². The van der Waals surface area contributed by atoms with E-state index in [1.165, 1.54) is 4.90 Å². The number of amides is 4. The zero-order chi connectivity index (χ0) is 20.1. The maximum absolute atomic E-state index is 12.6. The molecule has 1 atom stereocenters. The molecule has 2 aliphatic rings. The molecule has 7 nitrogen and oxygen atoms in total. The number of benzene rings is 1. The van der Waals surface area contributed by atoms with Crippen LogP contribution >= 0.6 is 0 Å². The maximum atomic E-state index is 12.6. The van der Waals surface area contributed by atoms with E-state index >= 15 is 0 Å². The van der Waals surface area contributed by atoms with Gasteiger partial charge in [-0.15, -0.1) is 0 Å². The molecule has 7 heteroatoms. The molecule has 28 heavy (non-hydrogen) atoms. The summed E-state index contributed by atoms with van der Waals surface area (Å²) in [7, 11) is 3.44. The van der Waals surface area contributed by atoms with Crippen LogP contribution in [0.3, 0.4) is 0 Å². The molecule has 0 radical (unpaired) electrons. The molecule has 2 heterocycles. The predicted molar refractivity (Wildman–Crippen MR) is 107 cm³/mol. The highest BCUT2D eigenvalue weighted by atomic mass is 16.2. The molecular weight excluding hydrogens is 356 g/mol. The Labute approximate surface area is 166 Å². The number of rotatable bonds is 4. The molecule has 2 aliphatic heterocycles. The van der Waals surface area contributed by atoms with E-state index in [1.54, 1.807) is 31.1 Å². The first-order chi connectivity index (χ1) is 13.5. The van der Waals surface area contributed by atoms with E-state index in [2.05, 4.69) is 5.32 Å². The molecule has 0 saturated carbocycles. The lowest BCUT2D eigenvalue weighted by Crippen LogP contribution is -2.49. The van der Waals surface area contributed by atoms with Gasteiger partial charge < -0.3 is 20.0 Å².